The van der Waals surface area contributed by atoms with Crippen LogP contribution in [-0.2, 0) is 16.2 Å². The van der Waals surface area contributed by atoms with Gasteiger partial charge in [-0.25, -0.2) is 4.98 Å². The fraction of sp³-hybridized carbons (Fsp3) is 0.167. The summed E-state index contributed by atoms with van der Waals surface area (Å²) in [6.45, 7) is 19.0. The number of rotatable bonds is 10. The van der Waals surface area contributed by atoms with Crippen LogP contribution >= 0.6 is 0 Å². The third-order valence-corrected chi connectivity index (χ3v) is 18.8. The molecule has 0 radical (unpaired) electrons. The van der Waals surface area contributed by atoms with E-state index >= 15 is 0 Å². The number of para-hydroxylation sites is 4. The van der Waals surface area contributed by atoms with Crippen LogP contribution in [0.4, 0.5) is 0 Å². The van der Waals surface area contributed by atoms with E-state index in [9.17, 15) is 16.4 Å². The lowest BCUT2D eigenvalue weighted by Crippen LogP contribution is -2.76. The Bertz CT molecular complexity index is 4830. The number of hydrogen-bond acceptors (Lipinski definition) is 2. The fourth-order valence-electron chi connectivity index (χ4n) is 10.6. The Morgan fingerprint density at radius 2 is 1.06 bits per heavy atom. The Balaban J connectivity index is 1.20. The number of aromatic nitrogens is 4. The molecule has 0 fully saturated rings. The van der Waals surface area contributed by atoms with Crippen molar-refractivity contribution in [2.45, 2.75) is 78.6 Å². The SMILES string of the molecule is [2H]c1c([2H])c([2H])c([Si](c2cccc(-c3cc(C(C)(C)C)cc(C(C)(C)C)c3)c2-[n+]2[c-]n(-c3cccc(Oc4ccc5c6ccccc6n(-c6cc(C(C)(C)C)ccn6)c5c4)c3)c3ccccc32)(c2c([2H])c([2H])c([2H])c([2H])c2[2H])c2c([2H])c([2H])c([2H])c([2H])c2[2H])c([2H])c1[2H]. The topological polar surface area (TPSA) is 35.9 Å². The van der Waals surface area contributed by atoms with Gasteiger partial charge in [-0.3, -0.25) is 13.7 Å². The van der Waals surface area contributed by atoms with E-state index in [1.54, 1.807) is 21.3 Å². The highest BCUT2D eigenvalue weighted by molar-refractivity contribution is 7.20. The predicted molar refractivity (Wildman–Crippen MR) is 327 cm³/mol. The summed E-state index contributed by atoms with van der Waals surface area (Å²) < 4.78 is 155. The Labute approximate surface area is 481 Å². The average molecular weight is 1050 g/mol. The Hall–Kier alpha value is -8.58. The van der Waals surface area contributed by atoms with Gasteiger partial charge >= 0.3 is 0 Å². The van der Waals surface area contributed by atoms with Crippen LogP contribution in [0.3, 0.4) is 0 Å². The molecule has 78 heavy (non-hydrogen) atoms. The van der Waals surface area contributed by atoms with Crippen LogP contribution in [-0.4, -0.2) is 22.2 Å². The van der Waals surface area contributed by atoms with Gasteiger partial charge < -0.3 is 4.74 Å². The molecule has 0 unspecified atom stereocenters. The van der Waals surface area contributed by atoms with Crippen LogP contribution in [0.5, 0.6) is 11.5 Å². The van der Waals surface area contributed by atoms with Gasteiger partial charge in [0.2, 0.25) is 0 Å². The van der Waals surface area contributed by atoms with Crippen molar-refractivity contribution >= 4 is 61.7 Å². The molecule has 12 aromatic rings. The smallest absolute Gasteiger partial charge is 0.269 e. The molecule has 9 aromatic carbocycles. The second-order valence-corrected chi connectivity index (χ2v) is 26.3. The van der Waals surface area contributed by atoms with E-state index in [1.807, 2.05) is 109 Å². The number of fused-ring (bicyclic) bond motifs is 4. The van der Waals surface area contributed by atoms with E-state index in [1.165, 1.54) is 0 Å². The number of pyridine rings is 1. The van der Waals surface area contributed by atoms with Crippen LogP contribution in [0.1, 0.15) is 99.6 Å². The maximum absolute atomic E-state index is 10.0. The van der Waals surface area contributed by atoms with Gasteiger partial charge in [0.1, 0.15) is 17.3 Å². The number of ether oxygens (including phenoxy) is 1. The molecule has 0 amide bonds. The number of nitrogens with zero attached hydrogens (tertiary/aromatic N) is 4. The van der Waals surface area contributed by atoms with E-state index in [-0.39, 0.29) is 16.3 Å². The average Bonchev–Trinajstić information content (AvgIpc) is 0.721. The molecule has 0 aliphatic carbocycles. The standard InChI is InChI=1S/C72H66N4OSi/c1-70(2,3)51-41-42-73-68(46-51)76-63-35-20-19-33-61(63)62-40-39-56(48-66(62)76)77-55-26-23-25-54(47-55)74-49-75(65-37-22-21-36-64(65)74)69-60(50-43-52(71(4,5)6)45-53(44-50)72(7,8)9)34-24-38-67(69)78(57-27-13-10-14-28-57,58-29-15-11-16-30-58)59-31-17-12-18-32-59/h10-48H,1-9H3/i10D,11D,12D,13D,14D,15D,16D,17D,18D,27D,28D,29D,30D,31D,32D. The lowest BCUT2D eigenvalue weighted by Gasteiger charge is -2.37. The maximum atomic E-state index is 10.0. The quantitative estimate of drug-likeness (QED) is 0.0592. The highest BCUT2D eigenvalue weighted by atomic mass is 28.3. The molecule has 0 bridgehead atoms. The summed E-state index contributed by atoms with van der Waals surface area (Å²) in [5.74, 6) is 1.74. The summed E-state index contributed by atoms with van der Waals surface area (Å²) in [7, 11) is -5.76. The Morgan fingerprint density at radius 1 is 0.500 bits per heavy atom. The number of benzene rings is 9. The van der Waals surface area contributed by atoms with Crippen molar-refractivity contribution in [3.8, 4) is 39.8 Å². The van der Waals surface area contributed by atoms with Gasteiger partial charge in [-0.2, -0.15) is 0 Å². The second kappa shape index (κ2) is 19.5. The van der Waals surface area contributed by atoms with E-state index in [4.69, 9.17) is 13.8 Å². The van der Waals surface area contributed by atoms with Crippen molar-refractivity contribution in [1.29, 1.82) is 0 Å². The van der Waals surface area contributed by atoms with Gasteiger partial charge in [-0.05, 0) is 113 Å². The summed E-state index contributed by atoms with van der Waals surface area (Å²) in [5.41, 5.74) is 6.53. The molecule has 0 spiro atoms. The zero-order valence-corrected chi connectivity index (χ0v) is 46.1. The molecule has 3 aromatic heterocycles. The monoisotopic (exact) mass is 1050 g/mol. The molecule has 6 heteroatoms. The van der Waals surface area contributed by atoms with E-state index in [2.05, 4.69) is 97.5 Å². The molecule has 12 rings (SSSR count). The van der Waals surface area contributed by atoms with Crippen LogP contribution in [0.25, 0.3) is 61.2 Å². The minimum Gasteiger partial charge on any atom is -0.458 e. The van der Waals surface area contributed by atoms with Crippen molar-refractivity contribution in [2.75, 3.05) is 0 Å². The molecule has 3 heterocycles. The molecular weight excluding hydrogens is 965 g/mol. The van der Waals surface area contributed by atoms with Crippen LogP contribution < -0.4 is 30.1 Å². The second-order valence-electron chi connectivity index (χ2n) is 22.8. The molecule has 0 atom stereocenters. The first-order chi connectivity index (χ1) is 43.8. The first-order valence-corrected chi connectivity index (χ1v) is 28.0. The summed E-state index contributed by atoms with van der Waals surface area (Å²) in [6, 6.07) is 31.4. The first-order valence-electron chi connectivity index (χ1n) is 33.5. The van der Waals surface area contributed by atoms with Crippen LogP contribution in [0.2, 0.25) is 0 Å². The van der Waals surface area contributed by atoms with Gasteiger partial charge in [0.25, 0.3) is 6.33 Å². The molecule has 0 aliphatic heterocycles. The fourth-order valence-corrected chi connectivity index (χ4v) is 14.6. The molecule has 0 N–H and O–H groups in total. The van der Waals surface area contributed by atoms with Crippen molar-refractivity contribution in [3.63, 3.8) is 0 Å². The van der Waals surface area contributed by atoms with E-state index in [0.717, 1.165) is 44.3 Å². The van der Waals surface area contributed by atoms with Gasteiger partial charge in [0.05, 0.1) is 54.0 Å². The first kappa shape index (κ1) is 35.7. The third kappa shape index (κ3) is 8.94. The molecule has 384 valence electrons. The van der Waals surface area contributed by atoms with Gasteiger partial charge in [-0.15, -0.1) is 0 Å². The van der Waals surface area contributed by atoms with E-state index in [0.29, 0.717) is 39.3 Å². The minimum absolute atomic E-state index is 0.0524. The van der Waals surface area contributed by atoms with Crippen molar-refractivity contribution < 1.29 is 29.9 Å². The van der Waals surface area contributed by atoms with Gasteiger partial charge in [0, 0.05) is 23.0 Å². The van der Waals surface area contributed by atoms with Crippen LogP contribution in [0, 0.1) is 6.33 Å². The zero-order chi connectivity index (χ0) is 67.0. The van der Waals surface area contributed by atoms with E-state index < -0.39 is 125 Å². The van der Waals surface area contributed by atoms with Crippen LogP contribution in [0.15, 0.2) is 236 Å². The minimum atomic E-state index is -5.76. The normalized spacial score (nSPS) is 15.1. The highest BCUT2D eigenvalue weighted by Gasteiger charge is 2.44. The lowest BCUT2D eigenvalue weighted by atomic mass is 9.79. The van der Waals surface area contributed by atoms with Gasteiger partial charge in [-0.1, -0.05) is 238 Å². The van der Waals surface area contributed by atoms with Crippen molar-refractivity contribution in [1.82, 2.24) is 14.1 Å². The Kier molecular flexibility index (Phi) is 8.90. The summed E-state index contributed by atoms with van der Waals surface area (Å²) in [4.78, 5) is 4.87. The largest absolute Gasteiger partial charge is 0.458 e. The zero-order valence-electron chi connectivity index (χ0n) is 60.1. The van der Waals surface area contributed by atoms with Crippen molar-refractivity contribution in [3.05, 3.63) is 259 Å². The number of hydrogen-bond donors (Lipinski definition) is 0. The summed E-state index contributed by atoms with van der Waals surface area (Å²) in [5, 5.41) is 0.177. The Morgan fingerprint density at radius 3 is 1.69 bits per heavy atom. The molecule has 0 saturated carbocycles. The summed E-state index contributed by atoms with van der Waals surface area (Å²) in [6.07, 6.45) is 5.47. The third-order valence-electron chi connectivity index (χ3n) is 14.6. The number of imidazole rings is 1. The predicted octanol–water partition coefficient (Wildman–Crippen LogP) is 14.9. The molecule has 5 nitrogen and oxygen atoms in total. The highest BCUT2D eigenvalue weighted by Crippen LogP contribution is 2.38. The maximum Gasteiger partial charge on any atom is 0.269 e. The van der Waals surface area contributed by atoms with Gasteiger partial charge in [0.15, 0.2) is 8.07 Å². The van der Waals surface area contributed by atoms with Crippen molar-refractivity contribution in [2.24, 2.45) is 0 Å². The molecule has 0 aliphatic rings. The summed E-state index contributed by atoms with van der Waals surface area (Å²) >= 11 is 0. The molecule has 0 saturated heterocycles. The molecular formula is C72H66N4OSi. The lowest BCUT2D eigenvalue weighted by molar-refractivity contribution is -0.570.